The van der Waals surface area contributed by atoms with Gasteiger partial charge in [-0.1, -0.05) is 0 Å². The van der Waals surface area contributed by atoms with Gasteiger partial charge in [0.05, 0.1) is 12.1 Å². The van der Waals surface area contributed by atoms with E-state index in [9.17, 15) is 15.0 Å². The fourth-order valence-electron chi connectivity index (χ4n) is 1.40. The molecule has 0 aromatic carbocycles. The van der Waals surface area contributed by atoms with Gasteiger partial charge in [-0.05, 0) is 0 Å². The molecule has 0 radical (unpaired) electrons. The van der Waals surface area contributed by atoms with Crippen LogP contribution < -0.4 is 11.5 Å². The molecule has 0 unspecified atom stereocenters. The summed E-state index contributed by atoms with van der Waals surface area (Å²) in [6.07, 6.45) is -4.81. The molecule has 0 spiro atoms. The van der Waals surface area contributed by atoms with Gasteiger partial charge < -0.3 is 31.5 Å². The van der Waals surface area contributed by atoms with Gasteiger partial charge in [0.25, 0.3) is 0 Å². The molecular weight excluding hydrogens is 192 g/mol. The molecule has 1 heterocycles. The normalized spacial score (nSPS) is 43.6. The fraction of sp³-hybridized carbons (Fsp3) is 0.857. The molecule has 7 N–H and O–H groups in total. The monoisotopic (exact) mass is 206 g/mol. The van der Waals surface area contributed by atoms with Crippen LogP contribution >= 0.6 is 0 Å². The van der Waals surface area contributed by atoms with Crippen molar-refractivity contribution in [2.45, 2.75) is 30.5 Å². The topological polar surface area (TPSA) is 139 Å². The van der Waals surface area contributed by atoms with Crippen LogP contribution in [0.3, 0.4) is 0 Å². The smallest absolute Gasteiger partial charge is 0.334 e. The summed E-state index contributed by atoms with van der Waals surface area (Å²) >= 11 is 0. The van der Waals surface area contributed by atoms with Crippen molar-refractivity contribution in [2.75, 3.05) is 6.54 Å². The number of ether oxygens (including phenoxy) is 1. The highest BCUT2D eigenvalue weighted by molar-refractivity contribution is 5.73. The average molecular weight is 206 g/mol. The van der Waals surface area contributed by atoms with E-state index in [1.807, 2.05) is 0 Å². The number of hydrogen-bond donors (Lipinski definition) is 5. The number of rotatable bonds is 2. The zero-order valence-corrected chi connectivity index (χ0v) is 7.41. The van der Waals surface area contributed by atoms with E-state index in [0.29, 0.717) is 0 Å². The van der Waals surface area contributed by atoms with Crippen molar-refractivity contribution in [3.63, 3.8) is 0 Å². The van der Waals surface area contributed by atoms with Crippen molar-refractivity contribution in [1.29, 1.82) is 0 Å². The predicted molar refractivity (Wildman–Crippen MR) is 45.3 cm³/mol. The summed E-state index contributed by atoms with van der Waals surface area (Å²) in [6, 6.07) is -1.15. The fourth-order valence-corrected chi connectivity index (χ4v) is 1.40. The molecule has 0 amide bonds. The highest BCUT2D eigenvalue weighted by atomic mass is 16.5. The largest absolute Gasteiger partial charge is 0.479 e. The average Bonchev–Trinajstić information content (AvgIpc) is 2.14. The molecule has 0 saturated carbocycles. The quantitative estimate of drug-likeness (QED) is 0.321. The summed E-state index contributed by atoms with van der Waals surface area (Å²) < 4.78 is 4.93. The van der Waals surface area contributed by atoms with Crippen LogP contribution in [0, 0.1) is 0 Å². The van der Waals surface area contributed by atoms with Gasteiger partial charge >= 0.3 is 5.97 Å². The maximum Gasteiger partial charge on any atom is 0.334 e. The molecule has 7 heteroatoms. The summed E-state index contributed by atoms with van der Waals surface area (Å²) in [4.78, 5) is 10.6. The first-order valence-electron chi connectivity index (χ1n) is 4.19. The van der Waals surface area contributed by atoms with Crippen LogP contribution in [-0.2, 0) is 9.53 Å². The van der Waals surface area contributed by atoms with Gasteiger partial charge in [0.1, 0.15) is 12.2 Å². The molecule has 1 aliphatic heterocycles. The Labute approximate surface area is 80.3 Å². The number of carboxylic acids is 1. The first kappa shape index (κ1) is 11.3. The predicted octanol–water partition coefficient (Wildman–Crippen LogP) is -3.15. The van der Waals surface area contributed by atoms with E-state index < -0.39 is 36.4 Å². The zero-order chi connectivity index (χ0) is 10.9. The van der Waals surface area contributed by atoms with E-state index in [1.54, 1.807) is 0 Å². The minimum absolute atomic E-state index is 0.0747. The number of aliphatic carboxylic acids is 1. The van der Waals surface area contributed by atoms with Gasteiger partial charge in [-0.3, -0.25) is 0 Å². The Hall–Kier alpha value is -0.730. The van der Waals surface area contributed by atoms with E-state index in [-0.39, 0.29) is 6.54 Å². The highest BCUT2D eigenvalue weighted by Crippen LogP contribution is 2.19. The molecule has 1 aliphatic rings. The van der Waals surface area contributed by atoms with Crippen LogP contribution in [0.25, 0.3) is 0 Å². The first-order valence-corrected chi connectivity index (χ1v) is 4.19. The molecule has 1 rings (SSSR count). The lowest BCUT2D eigenvalue weighted by Gasteiger charge is -2.39. The van der Waals surface area contributed by atoms with Crippen LogP contribution in [0.1, 0.15) is 0 Å². The van der Waals surface area contributed by atoms with Crippen LogP contribution in [0.4, 0.5) is 0 Å². The Bertz CT molecular complexity index is 222. The molecule has 0 aromatic rings. The van der Waals surface area contributed by atoms with Crippen LogP contribution in [-0.4, -0.2) is 58.3 Å². The van der Waals surface area contributed by atoms with Crippen LogP contribution in [0.5, 0.6) is 0 Å². The Morgan fingerprint density at radius 3 is 2.36 bits per heavy atom. The molecule has 14 heavy (non-hydrogen) atoms. The van der Waals surface area contributed by atoms with Crippen molar-refractivity contribution < 1.29 is 24.9 Å². The Balaban J connectivity index is 2.78. The summed E-state index contributed by atoms with van der Waals surface area (Å²) in [5.74, 6) is -1.28. The third-order valence-electron chi connectivity index (χ3n) is 2.27. The van der Waals surface area contributed by atoms with Crippen LogP contribution in [0.15, 0.2) is 0 Å². The van der Waals surface area contributed by atoms with Gasteiger partial charge in [0.2, 0.25) is 0 Å². The van der Waals surface area contributed by atoms with Crippen molar-refractivity contribution in [2.24, 2.45) is 11.5 Å². The second-order valence-corrected chi connectivity index (χ2v) is 3.23. The molecule has 1 fully saturated rings. The summed E-state index contributed by atoms with van der Waals surface area (Å²) in [7, 11) is 0. The Kier molecular flexibility index (Phi) is 3.40. The highest BCUT2D eigenvalue weighted by Gasteiger charge is 2.45. The lowest BCUT2D eigenvalue weighted by atomic mass is 9.93. The van der Waals surface area contributed by atoms with E-state index in [2.05, 4.69) is 0 Å². The minimum atomic E-state index is -1.33. The third-order valence-corrected chi connectivity index (χ3v) is 2.27. The zero-order valence-electron chi connectivity index (χ0n) is 7.41. The van der Waals surface area contributed by atoms with Crippen molar-refractivity contribution >= 4 is 5.97 Å². The van der Waals surface area contributed by atoms with Gasteiger partial charge in [0.15, 0.2) is 6.10 Å². The van der Waals surface area contributed by atoms with Crippen LogP contribution in [0.2, 0.25) is 0 Å². The molecule has 0 aromatic heterocycles. The van der Waals surface area contributed by atoms with Crippen molar-refractivity contribution in [1.82, 2.24) is 0 Å². The molecule has 1 saturated heterocycles. The third kappa shape index (κ3) is 1.86. The van der Waals surface area contributed by atoms with Gasteiger partial charge in [-0.2, -0.15) is 0 Å². The molecule has 7 nitrogen and oxygen atoms in total. The Morgan fingerprint density at radius 2 is 1.93 bits per heavy atom. The molecule has 0 aliphatic carbocycles. The van der Waals surface area contributed by atoms with E-state index in [1.165, 1.54) is 0 Å². The second-order valence-electron chi connectivity index (χ2n) is 3.23. The molecule has 0 bridgehead atoms. The maximum atomic E-state index is 10.6. The lowest BCUT2D eigenvalue weighted by Crippen LogP contribution is -2.64. The summed E-state index contributed by atoms with van der Waals surface area (Å²) in [5, 5.41) is 27.5. The maximum absolute atomic E-state index is 10.6. The molecular formula is C7H14N2O5. The van der Waals surface area contributed by atoms with E-state index in [0.717, 1.165) is 0 Å². The number of hydrogen-bond acceptors (Lipinski definition) is 6. The second kappa shape index (κ2) is 4.20. The standard InChI is InChI=1S/C7H14N2O5/c8-1-2-4(10)5(11)3(9)6(14-2)7(12)13/h2-6,10-11H,1,8-9H2,(H,12,13)/t2-,3-,4-,5-,6-/m1/s1. The van der Waals surface area contributed by atoms with E-state index >= 15 is 0 Å². The van der Waals surface area contributed by atoms with Crippen molar-refractivity contribution in [3.8, 4) is 0 Å². The van der Waals surface area contributed by atoms with Gasteiger partial charge in [0, 0.05) is 6.54 Å². The Morgan fingerprint density at radius 1 is 1.36 bits per heavy atom. The molecule has 82 valence electrons. The molecule has 5 atom stereocenters. The lowest BCUT2D eigenvalue weighted by molar-refractivity contribution is -0.193. The number of nitrogens with two attached hydrogens (primary N) is 2. The SMILES string of the molecule is NC[C@H]1O[C@@H](C(=O)O)[C@H](N)[C@@H](O)[C@@H]1O. The van der Waals surface area contributed by atoms with Crippen molar-refractivity contribution in [3.05, 3.63) is 0 Å². The number of aliphatic hydroxyl groups excluding tert-OH is 2. The van der Waals surface area contributed by atoms with E-state index in [4.69, 9.17) is 21.3 Å². The summed E-state index contributed by atoms with van der Waals surface area (Å²) in [5.41, 5.74) is 10.6. The number of carboxylic acid groups (broad SMARTS) is 1. The number of carbonyl (C=O) groups is 1. The summed E-state index contributed by atoms with van der Waals surface area (Å²) in [6.45, 7) is -0.0747. The van der Waals surface area contributed by atoms with Gasteiger partial charge in [-0.25, -0.2) is 4.79 Å². The number of aliphatic hydroxyl groups is 2. The minimum Gasteiger partial charge on any atom is -0.479 e. The first-order chi connectivity index (χ1) is 6.49. The van der Waals surface area contributed by atoms with Gasteiger partial charge in [-0.15, -0.1) is 0 Å².